The summed E-state index contributed by atoms with van der Waals surface area (Å²) >= 11 is 8.83. The maximum atomic E-state index is 13.2. The van der Waals surface area contributed by atoms with Crippen LogP contribution in [0.4, 0.5) is 5.69 Å². The maximum absolute atomic E-state index is 13.2. The molecule has 8 nitrogen and oxygen atoms in total. The molecule has 0 atom stereocenters. The molecule has 0 radical (unpaired) electrons. The van der Waals surface area contributed by atoms with Gasteiger partial charge in [0.2, 0.25) is 4.77 Å². The highest BCUT2D eigenvalue weighted by Gasteiger charge is 2.35. The number of fused-ring (bicyclic) bond motifs is 1. The van der Waals surface area contributed by atoms with E-state index in [9.17, 15) is 4.79 Å². The summed E-state index contributed by atoms with van der Waals surface area (Å²) in [5, 5.41) is 11.6. The number of carbonyl (C=O) groups excluding carboxylic acids is 1. The van der Waals surface area contributed by atoms with Gasteiger partial charge in [-0.05, 0) is 56.6 Å². The van der Waals surface area contributed by atoms with Gasteiger partial charge in [0.05, 0.1) is 12.4 Å². The van der Waals surface area contributed by atoms with Gasteiger partial charge in [0.25, 0.3) is 5.91 Å². The zero-order chi connectivity index (χ0) is 19.8. The molecule has 0 saturated carbocycles. The Balaban J connectivity index is 1.88. The lowest BCUT2D eigenvalue weighted by atomic mass is 10.1. The van der Waals surface area contributed by atoms with Crippen molar-refractivity contribution in [2.24, 2.45) is 5.10 Å². The molecule has 142 valence electrons. The SMILES string of the molecule is CN(C)CN1C(=O)/C(=N/n2c(-c3ccncc3)n[nH]c2=S)c2cc(Br)ccc21. The highest BCUT2D eigenvalue weighted by atomic mass is 79.9. The van der Waals surface area contributed by atoms with E-state index in [-0.39, 0.29) is 5.91 Å². The molecule has 0 spiro atoms. The molecule has 2 aromatic heterocycles. The maximum Gasteiger partial charge on any atom is 0.280 e. The van der Waals surface area contributed by atoms with Crippen LogP contribution in [0.1, 0.15) is 5.56 Å². The topological polar surface area (TPSA) is 82.4 Å². The third-order valence-corrected chi connectivity index (χ3v) is 4.92. The van der Waals surface area contributed by atoms with Gasteiger partial charge >= 0.3 is 0 Å². The van der Waals surface area contributed by atoms with E-state index in [4.69, 9.17) is 12.2 Å². The number of nitrogens with one attached hydrogen (secondary N) is 1. The summed E-state index contributed by atoms with van der Waals surface area (Å²) in [5.41, 5.74) is 2.65. The normalized spacial score (nSPS) is 14.9. The third kappa shape index (κ3) is 3.30. The quantitative estimate of drug-likeness (QED) is 0.609. The van der Waals surface area contributed by atoms with Gasteiger partial charge in [-0.3, -0.25) is 19.6 Å². The van der Waals surface area contributed by atoms with E-state index in [1.54, 1.807) is 29.4 Å². The monoisotopic (exact) mass is 457 g/mol. The Morgan fingerprint density at radius 3 is 2.71 bits per heavy atom. The van der Waals surface area contributed by atoms with Crippen LogP contribution in [0.15, 0.2) is 52.3 Å². The van der Waals surface area contributed by atoms with Crippen molar-refractivity contribution in [3.63, 3.8) is 0 Å². The fourth-order valence-electron chi connectivity index (χ4n) is 2.98. The van der Waals surface area contributed by atoms with Crippen LogP contribution in [0.2, 0.25) is 0 Å². The predicted octanol–water partition coefficient (Wildman–Crippen LogP) is 2.88. The number of aromatic nitrogens is 4. The minimum atomic E-state index is -0.189. The molecule has 1 aliphatic rings. The Bertz CT molecular complexity index is 1140. The minimum Gasteiger partial charge on any atom is -0.293 e. The average molecular weight is 458 g/mol. The second-order valence-electron chi connectivity index (χ2n) is 6.46. The Hall–Kier alpha value is -2.69. The van der Waals surface area contributed by atoms with E-state index >= 15 is 0 Å². The summed E-state index contributed by atoms with van der Waals surface area (Å²) in [4.78, 5) is 20.8. The van der Waals surface area contributed by atoms with Gasteiger partial charge < -0.3 is 0 Å². The first-order chi connectivity index (χ1) is 13.5. The molecule has 0 saturated heterocycles. The molecule has 0 bridgehead atoms. The zero-order valence-corrected chi connectivity index (χ0v) is 17.5. The van der Waals surface area contributed by atoms with Crippen molar-refractivity contribution in [2.45, 2.75) is 0 Å². The van der Waals surface area contributed by atoms with Gasteiger partial charge in [0, 0.05) is 28.0 Å². The number of aromatic amines is 1. The van der Waals surface area contributed by atoms with Crippen molar-refractivity contribution in [1.82, 2.24) is 24.8 Å². The molecule has 4 rings (SSSR count). The molecule has 0 unspecified atom stereocenters. The number of H-pyrrole nitrogens is 1. The van der Waals surface area contributed by atoms with Gasteiger partial charge in [-0.1, -0.05) is 15.9 Å². The summed E-state index contributed by atoms with van der Waals surface area (Å²) in [7, 11) is 3.82. The smallest absolute Gasteiger partial charge is 0.280 e. The van der Waals surface area contributed by atoms with Crippen molar-refractivity contribution in [3.8, 4) is 11.4 Å². The van der Waals surface area contributed by atoms with E-state index < -0.39 is 0 Å². The van der Waals surface area contributed by atoms with E-state index in [2.05, 4.69) is 36.2 Å². The highest BCUT2D eigenvalue weighted by Crippen LogP contribution is 2.32. The number of amides is 1. The number of benzene rings is 1. The van der Waals surface area contributed by atoms with E-state index in [1.165, 1.54) is 4.68 Å². The number of anilines is 1. The lowest BCUT2D eigenvalue weighted by Crippen LogP contribution is -2.37. The highest BCUT2D eigenvalue weighted by molar-refractivity contribution is 9.10. The minimum absolute atomic E-state index is 0.189. The fraction of sp³-hybridized carbons (Fsp3) is 0.167. The predicted molar refractivity (Wildman–Crippen MR) is 113 cm³/mol. The molecule has 1 aliphatic heterocycles. The number of nitrogens with zero attached hydrogens (tertiary/aromatic N) is 6. The number of pyridine rings is 1. The summed E-state index contributed by atoms with van der Waals surface area (Å²) in [6.07, 6.45) is 3.33. The fourth-order valence-corrected chi connectivity index (χ4v) is 3.51. The van der Waals surface area contributed by atoms with Crippen molar-refractivity contribution < 1.29 is 4.79 Å². The second-order valence-corrected chi connectivity index (χ2v) is 7.77. The first-order valence-electron chi connectivity index (χ1n) is 8.39. The molecule has 3 heterocycles. The molecule has 28 heavy (non-hydrogen) atoms. The van der Waals surface area contributed by atoms with Crippen molar-refractivity contribution in [1.29, 1.82) is 0 Å². The first kappa shape index (κ1) is 18.7. The van der Waals surface area contributed by atoms with Crippen LogP contribution in [0, 0.1) is 4.77 Å². The van der Waals surface area contributed by atoms with Crippen molar-refractivity contribution in [2.75, 3.05) is 25.7 Å². The van der Waals surface area contributed by atoms with Gasteiger partial charge in [-0.15, -0.1) is 0 Å². The molecule has 10 heteroatoms. The Morgan fingerprint density at radius 2 is 2.00 bits per heavy atom. The van der Waals surface area contributed by atoms with Crippen LogP contribution in [0.3, 0.4) is 0 Å². The lowest BCUT2D eigenvalue weighted by molar-refractivity contribution is -0.112. The molecular formula is C18H16BrN7OS. The molecule has 1 aromatic carbocycles. The summed E-state index contributed by atoms with van der Waals surface area (Å²) in [6.45, 7) is 0.445. The van der Waals surface area contributed by atoms with E-state index in [0.717, 1.165) is 21.3 Å². The van der Waals surface area contributed by atoms with Crippen LogP contribution >= 0.6 is 28.1 Å². The van der Waals surface area contributed by atoms with Crippen LogP contribution < -0.4 is 4.90 Å². The standard InChI is InChI=1S/C18H16BrN7OS/c1-24(2)10-25-14-4-3-12(19)9-13(14)15(17(25)27)23-26-16(21-22-18(26)28)11-5-7-20-8-6-11/h3-9H,10H2,1-2H3,(H,22,28)/b23-15+. The van der Waals surface area contributed by atoms with Crippen LogP contribution in [-0.4, -0.2) is 57.1 Å². The van der Waals surface area contributed by atoms with Gasteiger partial charge in [0.1, 0.15) is 0 Å². The second kappa shape index (κ2) is 7.38. The van der Waals surface area contributed by atoms with Crippen LogP contribution in [0.25, 0.3) is 11.4 Å². The number of hydrogen-bond acceptors (Lipinski definition) is 6. The van der Waals surface area contributed by atoms with Crippen LogP contribution in [-0.2, 0) is 4.79 Å². The van der Waals surface area contributed by atoms with E-state index in [1.807, 2.05) is 37.2 Å². The number of rotatable bonds is 4. The van der Waals surface area contributed by atoms with Crippen LogP contribution in [0.5, 0.6) is 0 Å². The van der Waals surface area contributed by atoms with Gasteiger partial charge in [-0.2, -0.15) is 14.9 Å². The molecule has 1 N–H and O–H groups in total. The average Bonchev–Trinajstić information content (AvgIpc) is 3.15. The number of carbonyl (C=O) groups is 1. The molecule has 3 aromatic rings. The van der Waals surface area contributed by atoms with Gasteiger partial charge in [0.15, 0.2) is 11.5 Å². The molecule has 0 fully saturated rings. The third-order valence-electron chi connectivity index (χ3n) is 4.17. The van der Waals surface area contributed by atoms with Crippen molar-refractivity contribution in [3.05, 3.63) is 57.5 Å². The Labute approximate surface area is 174 Å². The first-order valence-corrected chi connectivity index (χ1v) is 9.59. The largest absolute Gasteiger partial charge is 0.293 e. The van der Waals surface area contributed by atoms with E-state index in [0.29, 0.717) is 23.0 Å². The lowest BCUT2D eigenvalue weighted by Gasteiger charge is -2.21. The van der Waals surface area contributed by atoms with Gasteiger partial charge in [-0.25, -0.2) is 5.10 Å². The summed E-state index contributed by atoms with van der Waals surface area (Å²) in [5.74, 6) is 0.320. The van der Waals surface area contributed by atoms with Crippen molar-refractivity contribution >= 4 is 45.5 Å². The Morgan fingerprint density at radius 1 is 1.25 bits per heavy atom. The number of halogens is 1. The zero-order valence-electron chi connectivity index (χ0n) is 15.1. The molecule has 1 amide bonds. The summed E-state index contributed by atoms with van der Waals surface area (Å²) in [6, 6.07) is 9.31. The Kier molecular flexibility index (Phi) is 4.92. The number of hydrogen-bond donors (Lipinski definition) is 1. The summed E-state index contributed by atoms with van der Waals surface area (Å²) < 4.78 is 2.64. The molecule has 0 aliphatic carbocycles. The molecular weight excluding hydrogens is 442 g/mol.